The molecule has 1 aromatic carbocycles. The smallest absolute Gasteiger partial charge is 0.341 e. The Morgan fingerprint density at radius 2 is 2.25 bits per heavy atom. The molecule has 0 saturated carbocycles. The zero-order valence-electron chi connectivity index (χ0n) is 11.0. The molecule has 2 rings (SSSR count). The predicted molar refractivity (Wildman–Crippen MR) is 73.2 cm³/mol. The largest absolute Gasteiger partial charge is 0.462 e. The number of ether oxygens (including phenoxy) is 1. The highest BCUT2D eigenvalue weighted by molar-refractivity contribution is 5.88. The third-order valence-corrected chi connectivity index (χ3v) is 2.70. The van der Waals surface area contributed by atoms with Crippen LogP contribution in [-0.4, -0.2) is 22.4 Å². The third kappa shape index (κ3) is 3.32. The first kappa shape index (κ1) is 14.0. The van der Waals surface area contributed by atoms with Crippen LogP contribution in [0.5, 0.6) is 0 Å². The maximum Gasteiger partial charge on any atom is 0.341 e. The topological polar surface area (TPSA) is 44.1 Å². The van der Waals surface area contributed by atoms with Crippen molar-refractivity contribution >= 4 is 5.97 Å². The summed E-state index contributed by atoms with van der Waals surface area (Å²) in [5, 5.41) is 3.97. The molecule has 0 N–H and O–H groups in total. The number of hydrogen-bond acceptors (Lipinski definition) is 3. The number of allylic oxidation sites excluding steroid dienone is 1. The molecular weight excluding hydrogens is 259 g/mol. The predicted octanol–water partition coefficient (Wildman–Crippen LogP) is 3.13. The molecule has 0 aliphatic heterocycles. The minimum Gasteiger partial charge on any atom is -0.462 e. The number of carbonyl (C=O) groups excluding carboxylic acids is 1. The molecule has 2 aromatic rings. The highest BCUT2D eigenvalue weighted by atomic mass is 19.1. The maximum absolute atomic E-state index is 13.6. The second-order valence-electron chi connectivity index (χ2n) is 4.19. The van der Waals surface area contributed by atoms with Crippen molar-refractivity contribution in [2.24, 2.45) is 0 Å². The summed E-state index contributed by atoms with van der Waals surface area (Å²) in [6.45, 7) is 3.92. The lowest BCUT2D eigenvalue weighted by Crippen LogP contribution is -2.05. The highest BCUT2D eigenvalue weighted by Gasteiger charge is 2.12. The molecular formula is C15H15FN2O2. The molecule has 1 aromatic heterocycles. The highest BCUT2D eigenvalue weighted by Crippen LogP contribution is 2.13. The van der Waals surface area contributed by atoms with Gasteiger partial charge in [0.1, 0.15) is 11.5 Å². The van der Waals surface area contributed by atoms with Crippen molar-refractivity contribution in [1.82, 2.24) is 9.78 Å². The molecule has 0 amide bonds. The van der Waals surface area contributed by atoms with Crippen molar-refractivity contribution < 1.29 is 13.9 Å². The number of esters is 1. The van der Waals surface area contributed by atoms with Gasteiger partial charge in [0.25, 0.3) is 0 Å². The lowest BCUT2D eigenvalue weighted by molar-refractivity contribution is 0.0501. The first-order valence-electron chi connectivity index (χ1n) is 6.30. The first-order chi connectivity index (χ1) is 9.72. The van der Waals surface area contributed by atoms with Gasteiger partial charge in [0, 0.05) is 6.20 Å². The zero-order valence-corrected chi connectivity index (χ0v) is 11.0. The summed E-state index contributed by atoms with van der Waals surface area (Å²) in [7, 11) is 0. The van der Waals surface area contributed by atoms with Crippen LogP contribution in [0.4, 0.5) is 4.39 Å². The van der Waals surface area contributed by atoms with E-state index in [0.717, 1.165) is 12.8 Å². The average Bonchev–Trinajstić information content (AvgIpc) is 2.93. The van der Waals surface area contributed by atoms with Gasteiger partial charge in [-0.25, -0.2) is 13.9 Å². The number of nitrogens with zero attached hydrogens (tertiary/aromatic N) is 2. The Bertz CT molecular complexity index is 607. The molecule has 4 nitrogen and oxygen atoms in total. The van der Waals surface area contributed by atoms with E-state index in [1.165, 1.54) is 23.1 Å². The Hall–Kier alpha value is -2.43. The van der Waals surface area contributed by atoms with Crippen molar-refractivity contribution in [2.75, 3.05) is 6.61 Å². The molecule has 1 heterocycles. The summed E-state index contributed by atoms with van der Waals surface area (Å²) in [5.74, 6) is -0.863. The van der Waals surface area contributed by atoms with Crippen LogP contribution in [0.25, 0.3) is 5.69 Å². The van der Waals surface area contributed by atoms with Gasteiger partial charge < -0.3 is 4.74 Å². The van der Waals surface area contributed by atoms with Gasteiger partial charge in [-0.05, 0) is 25.0 Å². The number of aromatic nitrogens is 2. The molecule has 0 spiro atoms. The van der Waals surface area contributed by atoms with E-state index in [9.17, 15) is 9.18 Å². The number of carbonyl (C=O) groups is 1. The maximum atomic E-state index is 13.6. The molecule has 0 bridgehead atoms. The quantitative estimate of drug-likeness (QED) is 0.462. The Morgan fingerprint density at radius 1 is 1.45 bits per heavy atom. The van der Waals surface area contributed by atoms with Gasteiger partial charge in [-0.1, -0.05) is 18.2 Å². The molecule has 0 saturated heterocycles. The van der Waals surface area contributed by atoms with Crippen LogP contribution in [0.1, 0.15) is 23.2 Å². The Balaban J connectivity index is 2.04. The van der Waals surface area contributed by atoms with E-state index >= 15 is 0 Å². The second-order valence-corrected chi connectivity index (χ2v) is 4.19. The summed E-state index contributed by atoms with van der Waals surface area (Å²) in [4.78, 5) is 11.7. The van der Waals surface area contributed by atoms with Crippen LogP contribution in [0.3, 0.4) is 0 Å². The van der Waals surface area contributed by atoms with Gasteiger partial charge in [0.15, 0.2) is 0 Å². The number of para-hydroxylation sites is 1. The normalized spacial score (nSPS) is 10.2. The fourth-order valence-electron chi connectivity index (χ4n) is 1.67. The fourth-order valence-corrected chi connectivity index (χ4v) is 1.67. The van der Waals surface area contributed by atoms with Crippen molar-refractivity contribution in [1.29, 1.82) is 0 Å². The van der Waals surface area contributed by atoms with Gasteiger partial charge >= 0.3 is 5.97 Å². The summed E-state index contributed by atoms with van der Waals surface area (Å²) in [6.07, 6.45) is 6.11. The number of benzene rings is 1. The van der Waals surface area contributed by atoms with Crippen LogP contribution < -0.4 is 0 Å². The van der Waals surface area contributed by atoms with Gasteiger partial charge in [-0.2, -0.15) is 5.10 Å². The van der Waals surface area contributed by atoms with Gasteiger partial charge in [-0.3, -0.25) is 0 Å². The SMILES string of the molecule is C=CCCCOC(=O)c1cnn(-c2ccccc2F)c1. The van der Waals surface area contributed by atoms with Gasteiger partial charge in [0.2, 0.25) is 0 Å². The number of unbranched alkanes of at least 4 members (excludes halogenated alkanes) is 1. The van der Waals surface area contributed by atoms with Crippen LogP contribution in [0, 0.1) is 5.82 Å². The lowest BCUT2D eigenvalue weighted by atomic mass is 10.3. The lowest BCUT2D eigenvalue weighted by Gasteiger charge is -2.02. The summed E-state index contributed by atoms with van der Waals surface area (Å²) in [6, 6.07) is 6.22. The van der Waals surface area contributed by atoms with Crippen molar-refractivity contribution in [3.05, 3.63) is 60.7 Å². The molecule has 0 atom stereocenters. The second kappa shape index (κ2) is 6.65. The third-order valence-electron chi connectivity index (χ3n) is 2.70. The van der Waals surface area contributed by atoms with E-state index in [-0.39, 0.29) is 0 Å². The van der Waals surface area contributed by atoms with E-state index in [0.29, 0.717) is 17.9 Å². The average molecular weight is 274 g/mol. The molecule has 0 aliphatic carbocycles. The van der Waals surface area contributed by atoms with E-state index in [1.807, 2.05) is 0 Å². The van der Waals surface area contributed by atoms with Crippen LogP contribution in [-0.2, 0) is 4.74 Å². The minimum atomic E-state index is -0.461. The van der Waals surface area contributed by atoms with E-state index in [2.05, 4.69) is 11.7 Å². The van der Waals surface area contributed by atoms with Crippen LogP contribution in [0.2, 0.25) is 0 Å². The molecule has 0 aliphatic rings. The summed E-state index contributed by atoms with van der Waals surface area (Å²) >= 11 is 0. The molecule has 5 heteroatoms. The van der Waals surface area contributed by atoms with E-state index < -0.39 is 11.8 Å². The standard InChI is InChI=1S/C15H15FN2O2/c1-2-3-6-9-20-15(19)12-10-17-18(11-12)14-8-5-4-7-13(14)16/h2,4-5,7-8,10-11H,1,3,6,9H2. The van der Waals surface area contributed by atoms with Crippen LogP contribution in [0.15, 0.2) is 49.3 Å². The van der Waals surface area contributed by atoms with Gasteiger partial charge in [-0.15, -0.1) is 6.58 Å². The van der Waals surface area contributed by atoms with Gasteiger partial charge in [0.05, 0.1) is 18.4 Å². The number of halogens is 1. The number of rotatable bonds is 6. The molecule has 0 fully saturated rings. The molecule has 0 unspecified atom stereocenters. The number of hydrogen-bond donors (Lipinski definition) is 0. The zero-order chi connectivity index (χ0) is 14.4. The first-order valence-corrected chi connectivity index (χ1v) is 6.30. The minimum absolute atomic E-state index is 0.290. The monoisotopic (exact) mass is 274 g/mol. The van der Waals surface area contributed by atoms with E-state index in [4.69, 9.17) is 4.74 Å². The van der Waals surface area contributed by atoms with Crippen molar-refractivity contribution in [2.45, 2.75) is 12.8 Å². The molecule has 20 heavy (non-hydrogen) atoms. The Kier molecular flexibility index (Phi) is 4.65. The Morgan fingerprint density at radius 3 is 3.00 bits per heavy atom. The molecule has 104 valence electrons. The fraction of sp³-hybridized carbons (Fsp3) is 0.200. The molecule has 0 radical (unpaired) electrons. The summed E-state index contributed by atoms with van der Waals surface area (Å²) in [5.41, 5.74) is 0.588. The van der Waals surface area contributed by atoms with Crippen LogP contribution >= 0.6 is 0 Å². The summed E-state index contributed by atoms with van der Waals surface area (Å²) < 4.78 is 20.0. The Labute approximate surface area is 116 Å². The van der Waals surface area contributed by atoms with Crippen molar-refractivity contribution in [3.8, 4) is 5.69 Å². The van der Waals surface area contributed by atoms with E-state index in [1.54, 1.807) is 24.3 Å². The van der Waals surface area contributed by atoms with Crippen molar-refractivity contribution in [3.63, 3.8) is 0 Å².